The molecule has 10 heteroatoms. The van der Waals surface area contributed by atoms with Crippen LogP contribution in [0.2, 0.25) is 0 Å². The van der Waals surface area contributed by atoms with Crippen molar-refractivity contribution < 1.29 is 28.9 Å². The predicted molar refractivity (Wildman–Crippen MR) is 122 cm³/mol. The molecule has 1 aromatic heterocycles. The summed E-state index contributed by atoms with van der Waals surface area (Å²) < 4.78 is 20.3. The highest BCUT2D eigenvalue weighted by atomic mass is 19.1. The Morgan fingerprint density at radius 2 is 1.66 bits per heavy atom. The molecule has 3 aromatic rings. The third kappa shape index (κ3) is 4.27. The average molecular weight is 482 g/mol. The largest absolute Gasteiger partial charge is 0.382 e. The van der Waals surface area contributed by atoms with Crippen LogP contribution in [0.15, 0.2) is 64.3 Å². The van der Waals surface area contributed by atoms with Crippen molar-refractivity contribution in [2.45, 2.75) is 44.3 Å². The topological polar surface area (TPSA) is 139 Å². The molecule has 35 heavy (non-hydrogen) atoms. The summed E-state index contributed by atoms with van der Waals surface area (Å²) >= 11 is 0. The van der Waals surface area contributed by atoms with Crippen molar-refractivity contribution >= 4 is 11.6 Å². The standard InChI is InChI=1S/C25H23FN2O7/c1-13-7-3-5-9-15(13)19(29)20(30)22-25(34,21(31)16-10-6-4-8-14(16)2)11-18(35-22)28-12-17(26)23(32)27-24(28)33/h3-10,12,18,20,22,30,34H,11H2,1-2H3,(H,27,32,33)/t18-,20?,22-,25-/m1/s1. The van der Waals surface area contributed by atoms with E-state index < -0.39 is 59.1 Å². The van der Waals surface area contributed by atoms with E-state index in [2.05, 4.69) is 0 Å². The van der Waals surface area contributed by atoms with Crippen LogP contribution in [0.25, 0.3) is 0 Å². The fraction of sp³-hybridized carbons (Fsp3) is 0.280. The fourth-order valence-electron chi connectivity index (χ4n) is 4.32. The Morgan fingerprint density at radius 3 is 2.26 bits per heavy atom. The maximum Gasteiger partial charge on any atom is 0.330 e. The van der Waals surface area contributed by atoms with E-state index in [0.717, 1.165) is 0 Å². The van der Waals surface area contributed by atoms with E-state index in [0.29, 0.717) is 21.9 Å². The van der Waals surface area contributed by atoms with Gasteiger partial charge < -0.3 is 14.9 Å². The summed E-state index contributed by atoms with van der Waals surface area (Å²) in [7, 11) is 0. The maximum atomic E-state index is 13.9. The van der Waals surface area contributed by atoms with Crippen molar-refractivity contribution in [1.29, 1.82) is 0 Å². The molecule has 2 heterocycles. The summed E-state index contributed by atoms with van der Waals surface area (Å²) in [4.78, 5) is 52.2. The molecule has 1 saturated heterocycles. The number of carbonyl (C=O) groups excluding carboxylic acids is 2. The lowest BCUT2D eigenvalue weighted by molar-refractivity contribution is -0.0917. The molecule has 3 N–H and O–H groups in total. The number of aliphatic hydroxyl groups excluding tert-OH is 1. The van der Waals surface area contributed by atoms with Crippen LogP contribution in [-0.4, -0.2) is 49.1 Å². The molecule has 0 bridgehead atoms. The smallest absolute Gasteiger partial charge is 0.330 e. The lowest BCUT2D eigenvalue weighted by atomic mass is 9.81. The van der Waals surface area contributed by atoms with Gasteiger partial charge in [-0.3, -0.25) is 23.9 Å². The number of aromatic nitrogens is 2. The van der Waals surface area contributed by atoms with Gasteiger partial charge >= 0.3 is 5.69 Å². The number of hydrogen-bond donors (Lipinski definition) is 3. The van der Waals surface area contributed by atoms with Gasteiger partial charge in [-0.1, -0.05) is 48.5 Å². The van der Waals surface area contributed by atoms with Crippen molar-refractivity contribution in [2.75, 3.05) is 0 Å². The third-order valence-electron chi connectivity index (χ3n) is 6.24. The minimum absolute atomic E-state index is 0.125. The van der Waals surface area contributed by atoms with Gasteiger partial charge in [0.15, 0.2) is 17.2 Å². The van der Waals surface area contributed by atoms with E-state index in [-0.39, 0.29) is 11.1 Å². The lowest BCUT2D eigenvalue weighted by Crippen LogP contribution is -2.54. The van der Waals surface area contributed by atoms with E-state index in [1.54, 1.807) is 55.2 Å². The minimum atomic E-state index is -2.46. The second kappa shape index (κ2) is 9.14. The SMILES string of the molecule is Cc1ccccc1C(=O)C(O)[C@H]1O[C@@H](n2cc(F)c(=O)[nH]c2=O)C[C@@]1(O)C(=O)c1ccccc1C. The molecule has 4 rings (SSSR count). The van der Waals surface area contributed by atoms with E-state index >= 15 is 0 Å². The highest BCUT2D eigenvalue weighted by Gasteiger charge is 2.58. The van der Waals surface area contributed by atoms with Gasteiger partial charge in [-0.05, 0) is 25.0 Å². The number of benzene rings is 2. The number of hydrogen-bond acceptors (Lipinski definition) is 7. The normalized spacial score (nSPS) is 22.7. The molecule has 0 aliphatic carbocycles. The number of aliphatic hydroxyl groups is 2. The number of Topliss-reactive ketones (excluding diaryl/α,β-unsaturated/α-hetero) is 2. The second-order valence-electron chi connectivity index (χ2n) is 8.55. The van der Waals surface area contributed by atoms with Crippen molar-refractivity contribution in [2.24, 2.45) is 0 Å². The van der Waals surface area contributed by atoms with Gasteiger partial charge in [-0.25, -0.2) is 4.79 Å². The fourth-order valence-corrected chi connectivity index (χ4v) is 4.32. The zero-order chi connectivity index (χ0) is 25.5. The van der Waals surface area contributed by atoms with Gasteiger partial charge in [0, 0.05) is 17.5 Å². The second-order valence-corrected chi connectivity index (χ2v) is 8.55. The summed E-state index contributed by atoms with van der Waals surface area (Å²) in [5, 5.41) is 22.6. The Hall–Kier alpha value is -3.73. The van der Waals surface area contributed by atoms with Crippen LogP contribution in [0.4, 0.5) is 4.39 Å². The van der Waals surface area contributed by atoms with Crippen LogP contribution in [0.5, 0.6) is 0 Å². The molecule has 1 aliphatic rings. The number of halogens is 1. The van der Waals surface area contributed by atoms with Gasteiger partial charge in [0.2, 0.25) is 5.82 Å². The highest BCUT2D eigenvalue weighted by Crippen LogP contribution is 2.41. The van der Waals surface area contributed by atoms with Crippen LogP contribution in [0, 0.1) is 19.7 Å². The Labute approximate surface area is 198 Å². The first-order valence-electron chi connectivity index (χ1n) is 10.8. The molecule has 1 aliphatic heterocycles. The van der Waals surface area contributed by atoms with Crippen LogP contribution in [0.1, 0.15) is 44.5 Å². The first-order valence-corrected chi connectivity index (χ1v) is 10.8. The molecule has 0 radical (unpaired) electrons. The number of aryl methyl sites for hydroxylation is 2. The Kier molecular flexibility index (Phi) is 6.37. The molecule has 0 spiro atoms. The van der Waals surface area contributed by atoms with E-state index in [9.17, 15) is 33.8 Å². The molecule has 0 saturated carbocycles. The first kappa shape index (κ1) is 24.4. The minimum Gasteiger partial charge on any atom is -0.382 e. The van der Waals surface area contributed by atoms with Crippen LogP contribution in [-0.2, 0) is 4.74 Å². The van der Waals surface area contributed by atoms with Gasteiger partial charge in [-0.2, -0.15) is 4.39 Å². The first-order chi connectivity index (χ1) is 16.5. The van der Waals surface area contributed by atoms with Gasteiger partial charge in [-0.15, -0.1) is 0 Å². The molecular formula is C25H23FN2O7. The molecule has 0 amide bonds. The monoisotopic (exact) mass is 482 g/mol. The third-order valence-corrected chi connectivity index (χ3v) is 6.24. The maximum absolute atomic E-state index is 13.9. The summed E-state index contributed by atoms with van der Waals surface area (Å²) in [6.07, 6.45) is -5.26. The number of ketones is 2. The molecule has 1 unspecified atom stereocenters. The molecule has 9 nitrogen and oxygen atoms in total. The van der Waals surface area contributed by atoms with Crippen molar-refractivity contribution in [1.82, 2.24) is 9.55 Å². The summed E-state index contributed by atoms with van der Waals surface area (Å²) in [6.45, 7) is 3.31. The van der Waals surface area contributed by atoms with Gasteiger partial charge in [0.05, 0.1) is 6.20 Å². The van der Waals surface area contributed by atoms with Crippen molar-refractivity contribution in [3.8, 4) is 0 Å². The van der Waals surface area contributed by atoms with Crippen molar-refractivity contribution in [3.05, 3.63) is 104 Å². The Balaban J connectivity index is 1.80. The zero-order valence-corrected chi connectivity index (χ0v) is 18.9. The summed E-state index contributed by atoms with van der Waals surface area (Å²) in [5.41, 5.74) is -3.39. The van der Waals surface area contributed by atoms with Crippen molar-refractivity contribution in [3.63, 3.8) is 0 Å². The number of nitrogens with one attached hydrogen (secondary N) is 1. The Bertz CT molecular complexity index is 1430. The predicted octanol–water partition coefficient (Wildman–Crippen LogP) is 1.44. The van der Waals surface area contributed by atoms with E-state index in [4.69, 9.17) is 4.74 Å². The number of aromatic amines is 1. The molecular weight excluding hydrogens is 459 g/mol. The number of rotatable bonds is 6. The van der Waals surface area contributed by atoms with E-state index in [1.165, 1.54) is 12.1 Å². The molecule has 182 valence electrons. The molecule has 4 atom stereocenters. The Morgan fingerprint density at radius 1 is 1.09 bits per heavy atom. The molecule has 1 fully saturated rings. The van der Waals surface area contributed by atoms with Crippen LogP contribution in [0.3, 0.4) is 0 Å². The summed E-state index contributed by atoms with van der Waals surface area (Å²) in [5.74, 6) is -2.93. The number of carbonyl (C=O) groups is 2. The number of H-pyrrole nitrogens is 1. The lowest BCUT2D eigenvalue weighted by Gasteiger charge is -2.30. The van der Waals surface area contributed by atoms with E-state index in [1.807, 2.05) is 0 Å². The average Bonchev–Trinajstić information content (AvgIpc) is 3.19. The quantitative estimate of drug-likeness (QED) is 0.452. The van der Waals surface area contributed by atoms with Gasteiger partial charge in [0.1, 0.15) is 18.4 Å². The van der Waals surface area contributed by atoms with Gasteiger partial charge in [0.25, 0.3) is 5.56 Å². The van der Waals surface area contributed by atoms with Crippen LogP contribution >= 0.6 is 0 Å². The number of ether oxygens (including phenoxy) is 1. The van der Waals surface area contributed by atoms with Crippen LogP contribution < -0.4 is 11.2 Å². The summed E-state index contributed by atoms with van der Waals surface area (Å²) in [6, 6.07) is 12.8. The zero-order valence-electron chi connectivity index (χ0n) is 18.9. The number of nitrogens with zero attached hydrogens (tertiary/aromatic N) is 1. The highest BCUT2D eigenvalue weighted by molar-refractivity contribution is 6.06. The molecule has 2 aromatic carbocycles.